The molecule has 7 nitrogen and oxygen atoms in total. The first-order valence-electron chi connectivity index (χ1n) is 26.1. The predicted molar refractivity (Wildman–Crippen MR) is 322 cm³/mol. The molecular formula is C71H46N6O. The van der Waals surface area contributed by atoms with Gasteiger partial charge in [-0.05, 0) is 73.3 Å². The first-order chi connectivity index (χ1) is 38.6. The van der Waals surface area contributed by atoms with Crippen LogP contribution in [0.5, 0.6) is 0 Å². The minimum Gasteiger partial charge on any atom is -0.455 e. The second kappa shape index (κ2) is 19.3. The van der Waals surface area contributed by atoms with Crippen LogP contribution >= 0.6 is 0 Å². The van der Waals surface area contributed by atoms with Gasteiger partial charge in [0.05, 0.1) is 0 Å². The third-order valence-electron chi connectivity index (χ3n) is 14.6. The lowest BCUT2D eigenvalue weighted by molar-refractivity contribution is 0.670. The van der Waals surface area contributed by atoms with E-state index in [1.807, 2.05) is 122 Å². The van der Waals surface area contributed by atoms with Gasteiger partial charge >= 0.3 is 0 Å². The van der Waals surface area contributed by atoms with E-state index in [2.05, 4.69) is 140 Å². The van der Waals surface area contributed by atoms with Crippen molar-refractivity contribution in [3.63, 3.8) is 0 Å². The molecule has 3 aromatic heterocycles. The molecule has 0 saturated carbocycles. The van der Waals surface area contributed by atoms with E-state index in [1.165, 1.54) is 0 Å². The minimum atomic E-state index is 0.512. The van der Waals surface area contributed by atoms with Gasteiger partial charge in [0, 0.05) is 55.3 Å². The first kappa shape index (κ1) is 46.1. The largest absolute Gasteiger partial charge is 0.455 e. The Balaban J connectivity index is 0.952. The fourth-order valence-electron chi connectivity index (χ4n) is 11.1. The Labute approximate surface area is 450 Å². The summed E-state index contributed by atoms with van der Waals surface area (Å²) in [5.74, 6) is 3.51. The highest BCUT2D eigenvalue weighted by atomic mass is 16.3. The second-order valence-electron chi connectivity index (χ2n) is 19.3. The average molecular weight is 999 g/mol. The van der Waals surface area contributed by atoms with E-state index in [0.717, 1.165) is 115 Å². The number of aromatic nitrogens is 6. The summed E-state index contributed by atoms with van der Waals surface area (Å²) in [6.45, 7) is 6.37. The maximum Gasteiger partial charge on any atom is 0.165 e. The summed E-state index contributed by atoms with van der Waals surface area (Å²) >= 11 is 0. The van der Waals surface area contributed by atoms with Crippen LogP contribution in [0.1, 0.15) is 12.7 Å². The Morgan fingerprint density at radius 1 is 0.346 bits per heavy atom. The van der Waals surface area contributed by atoms with Gasteiger partial charge in [-0.2, -0.15) is 0 Å². The number of para-hydroxylation sites is 1. The van der Waals surface area contributed by atoms with Gasteiger partial charge in [-0.3, -0.25) is 0 Å². The van der Waals surface area contributed by atoms with Crippen molar-refractivity contribution >= 4 is 70.6 Å². The maximum absolute atomic E-state index is 7.21. The molecule has 14 aromatic rings. The Bertz CT molecular complexity index is 4580. The smallest absolute Gasteiger partial charge is 0.165 e. The molecule has 0 fully saturated rings. The van der Waals surface area contributed by atoms with Gasteiger partial charge in [0.15, 0.2) is 34.9 Å². The molecule has 78 heavy (non-hydrogen) atoms. The number of fused-ring (bicyclic) bond motifs is 7. The molecular weight excluding hydrogens is 953 g/mol. The summed E-state index contributed by atoms with van der Waals surface area (Å²) < 4.78 is 7.21. The van der Waals surface area contributed by atoms with Crippen LogP contribution in [0, 0.1) is 0 Å². The second-order valence-corrected chi connectivity index (χ2v) is 19.3. The zero-order chi connectivity index (χ0) is 52.1. The molecule has 0 amide bonds. The first-order valence-corrected chi connectivity index (χ1v) is 26.1. The SMILES string of the molecule is C=C(/C=C\C=C/C)c1nc(-c2ccccc2)nc(-c2c3ccccc3c(-c3cccc4c3oc3cc(-c5c6ccccc6c(-c6nc(-c7ccccc7)nc(-c7ccccc7)n6)c6ccccc56)ccc34)c3ccccc23)n1. The number of nitrogens with zero attached hydrogens (tertiary/aromatic N) is 6. The van der Waals surface area contributed by atoms with Crippen LogP contribution in [-0.4, -0.2) is 29.9 Å². The third-order valence-corrected chi connectivity index (χ3v) is 14.6. The van der Waals surface area contributed by atoms with Crippen molar-refractivity contribution < 1.29 is 4.42 Å². The molecule has 14 rings (SSSR count). The number of rotatable bonds is 10. The molecule has 3 heterocycles. The Hall–Kier alpha value is -10.5. The van der Waals surface area contributed by atoms with Crippen molar-refractivity contribution in [3.05, 3.63) is 261 Å². The topological polar surface area (TPSA) is 90.5 Å². The summed E-state index contributed by atoms with van der Waals surface area (Å²) in [5.41, 5.74) is 11.1. The van der Waals surface area contributed by atoms with Crippen LogP contribution in [0.15, 0.2) is 260 Å². The third kappa shape index (κ3) is 7.92. The summed E-state index contributed by atoms with van der Waals surface area (Å²) in [6, 6.07) is 77.8. The van der Waals surface area contributed by atoms with Gasteiger partial charge in [0.1, 0.15) is 11.2 Å². The monoisotopic (exact) mass is 998 g/mol. The molecule has 366 valence electrons. The van der Waals surface area contributed by atoms with E-state index in [-0.39, 0.29) is 0 Å². The number of allylic oxidation sites excluding steroid dienone is 5. The molecule has 11 aromatic carbocycles. The molecule has 0 unspecified atom stereocenters. The van der Waals surface area contributed by atoms with E-state index in [0.29, 0.717) is 40.5 Å². The molecule has 0 radical (unpaired) electrons. The average Bonchev–Trinajstić information content (AvgIpc) is 4.06. The van der Waals surface area contributed by atoms with Gasteiger partial charge < -0.3 is 4.42 Å². The van der Waals surface area contributed by atoms with Gasteiger partial charge in [0.25, 0.3) is 0 Å². The Kier molecular flexibility index (Phi) is 11.4. The lowest BCUT2D eigenvalue weighted by atomic mass is 9.87. The normalized spacial score (nSPS) is 11.9. The van der Waals surface area contributed by atoms with Crippen LogP contribution < -0.4 is 0 Å². The van der Waals surface area contributed by atoms with Gasteiger partial charge in [-0.25, -0.2) is 29.9 Å². The number of hydrogen-bond donors (Lipinski definition) is 0. The van der Waals surface area contributed by atoms with Crippen molar-refractivity contribution in [2.75, 3.05) is 0 Å². The molecule has 0 aliphatic rings. The molecule has 0 atom stereocenters. The van der Waals surface area contributed by atoms with Gasteiger partial charge in [-0.15, -0.1) is 0 Å². The van der Waals surface area contributed by atoms with Crippen molar-refractivity contribution in [2.24, 2.45) is 0 Å². The molecule has 7 heteroatoms. The van der Waals surface area contributed by atoms with Crippen LogP contribution in [0.2, 0.25) is 0 Å². The maximum atomic E-state index is 7.21. The van der Waals surface area contributed by atoms with E-state index >= 15 is 0 Å². The summed E-state index contributed by atoms with van der Waals surface area (Å²) in [5, 5.41) is 10.5. The van der Waals surface area contributed by atoms with Gasteiger partial charge in [-0.1, -0.05) is 243 Å². The van der Waals surface area contributed by atoms with Crippen molar-refractivity contribution in [3.8, 4) is 79.2 Å². The van der Waals surface area contributed by atoms with E-state index in [1.54, 1.807) is 0 Å². The molecule has 0 aliphatic carbocycles. The molecule has 0 spiro atoms. The Morgan fingerprint density at radius 2 is 0.744 bits per heavy atom. The number of furan rings is 1. The number of hydrogen-bond acceptors (Lipinski definition) is 7. The fourth-order valence-corrected chi connectivity index (χ4v) is 11.1. The van der Waals surface area contributed by atoms with Crippen LogP contribution in [-0.2, 0) is 0 Å². The van der Waals surface area contributed by atoms with Crippen molar-refractivity contribution in [1.82, 2.24) is 29.9 Å². The highest BCUT2D eigenvalue weighted by Gasteiger charge is 2.25. The van der Waals surface area contributed by atoms with E-state index < -0.39 is 0 Å². The summed E-state index contributed by atoms with van der Waals surface area (Å²) in [6.07, 6.45) is 7.84. The van der Waals surface area contributed by atoms with Gasteiger partial charge in [0.2, 0.25) is 0 Å². The molecule has 0 aliphatic heterocycles. The minimum absolute atomic E-state index is 0.512. The molecule has 0 saturated heterocycles. The summed E-state index contributed by atoms with van der Waals surface area (Å²) in [4.78, 5) is 30.9. The lowest BCUT2D eigenvalue weighted by Gasteiger charge is -2.17. The zero-order valence-corrected chi connectivity index (χ0v) is 42.5. The van der Waals surface area contributed by atoms with E-state index in [9.17, 15) is 0 Å². The zero-order valence-electron chi connectivity index (χ0n) is 42.5. The highest BCUT2D eigenvalue weighted by Crippen LogP contribution is 2.48. The van der Waals surface area contributed by atoms with Crippen LogP contribution in [0.25, 0.3) is 150 Å². The van der Waals surface area contributed by atoms with E-state index in [4.69, 9.17) is 34.3 Å². The fraction of sp³-hybridized carbons (Fsp3) is 0.0141. The molecule has 0 N–H and O–H groups in total. The quantitative estimate of drug-likeness (QED) is 0.0996. The van der Waals surface area contributed by atoms with Crippen LogP contribution in [0.3, 0.4) is 0 Å². The van der Waals surface area contributed by atoms with Crippen LogP contribution in [0.4, 0.5) is 0 Å². The van der Waals surface area contributed by atoms with Crippen molar-refractivity contribution in [1.29, 1.82) is 0 Å². The Morgan fingerprint density at radius 3 is 1.23 bits per heavy atom. The molecule has 0 bridgehead atoms. The number of benzene rings is 11. The lowest BCUT2D eigenvalue weighted by Crippen LogP contribution is -2.03. The van der Waals surface area contributed by atoms with Crippen molar-refractivity contribution in [2.45, 2.75) is 6.92 Å². The summed E-state index contributed by atoms with van der Waals surface area (Å²) in [7, 11) is 0. The predicted octanol–water partition coefficient (Wildman–Crippen LogP) is 18.4. The highest BCUT2D eigenvalue weighted by molar-refractivity contribution is 6.25. The standard InChI is InChI=1S/C71H46N6O/c1-3-4-8-24-44(2)66-72-67(45-25-9-5-10-26-45)75-70(73-66)64-56-37-21-17-33-52(56)62(53-34-18-22-38-57(53)64)59-40-23-39-58-49-42-41-48(43-60(49)78-65(58)59)61-50-31-15-19-35-54(50)63(55-36-20-16-32-51(55)61)71-76-68(46-27-11-6-12-28-46)74-69(77-71)47-29-13-7-14-30-47/h3-43H,2H2,1H3/b4-3-,24-8-.